The Morgan fingerprint density at radius 3 is 2.53 bits per heavy atom. The van der Waals surface area contributed by atoms with E-state index in [2.05, 4.69) is 4.74 Å². The topological polar surface area (TPSA) is 46.5 Å². The summed E-state index contributed by atoms with van der Waals surface area (Å²) in [4.78, 5) is 10.5. The monoisotopic (exact) mass is 240 g/mol. The van der Waals surface area contributed by atoms with Crippen LogP contribution in [0.4, 0.5) is 13.2 Å². The van der Waals surface area contributed by atoms with Crippen LogP contribution in [0.1, 0.15) is 10.4 Å². The van der Waals surface area contributed by atoms with Gasteiger partial charge in [-0.15, -0.1) is 0 Å². The van der Waals surface area contributed by atoms with Gasteiger partial charge in [-0.25, -0.2) is 9.18 Å². The van der Waals surface area contributed by atoms with Gasteiger partial charge < -0.3 is 9.84 Å². The van der Waals surface area contributed by atoms with Gasteiger partial charge in [0.2, 0.25) is 0 Å². The number of benzene rings is 1. The Morgan fingerprint density at radius 2 is 2.07 bits per heavy atom. The minimum atomic E-state index is -3.20. The number of carboxylic acid groups (broad SMARTS) is 1. The summed E-state index contributed by atoms with van der Waals surface area (Å²) in [5, 5.41) is 7.76. The van der Waals surface area contributed by atoms with E-state index in [0.29, 0.717) is 0 Å². The van der Waals surface area contributed by atoms with Crippen LogP contribution in [-0.4, -0.2) is 17.7 Å². The van der Waals surface area contributed by atoms with E-state index in [1.165, 1.54) is 0 Å². The summed E-state index contributed by atoms with van der Waals surface area (Å²) in [5.41, 5.74) is -0.518. The maximum atomic E-state index is 13.1. The first kappa shape index (κ1) is 11.6. The SMILES string of the molecule is O=C(O)c1ccc(OC(F)F)c(F)c1Cl. The minimum absolute atomic E-state index is 0.518. The highest BCUT2D eigenvalue weighted by atomic mass is 35.5. The van der Waals surface area contributed by atoms with E-state index in [-0.39, 0.29) is 0 Å². The largest absolute Gasteiger partial charge is 0.478 e. The molecule has 1 rings (SSSR count). The molecule has 0 aliphatic heterocycles. The summed E-state index contributed by atoms with van der Waals surface area (Å²) in [7, 11) is 0. The number of aromatic carboxylic acids is 1. The van der Waals surface area contributed by atoms with Gasteiger partial charge in [0.1, 0.15) is 0 Å². The molecule has 0 radical (unpaired) electrons. The number of halogens is 4. The van der Waals surface area contributed by atoms with E-state index in [0.717, 1.165) is 12.1 Å². The number of alkyl halides is 2. The van der Waals surface area contributed by atoms with E-state index >= 15 is 0 Å². The van der Waals surface area contributed by atoms with Gasteiger partial charge in [0.15, 0.2) is 11.6 Å². The number of rotatable bonds is 3. The molecular formula is C8H4ClF3O3. The molecule has 0 spiro atoms. The predicted octanol–water partition coefficient (Wildman–Crippen LogP) is 2.78. The van der Waals surface area contributed by atoms with Crippen LogP contribution in [-0.2, 0) is 0 Å². The second kappa shape index (κ2) is 4.39. The number of hydrogen-bond acceptors (Lipinski definition) is 2. The average molecular weight is 241 g/mol. The lowest BCUT2D eigenvalue weighted by atomic mass is 10.2. The van der Waals surface area contributed by atoms with Gasteiger partial charge in [0.05, 0.1) is 10.6 Å². The zero-order chi connectivity index (χ0) is 11.6. The molecule has 1 aromatic rings. The fourth-order valence-corrected chi connectivity index (χ4v) is 1.12. The quantitative estimate of drug-likeness (QED) is 0.884. The van der Waals surface area contributed by atoms with Crippen LogP contribution in [0.5, 0.6) is 5.75 Å². The van der Waals surface area contributed by atoms with E-state index in [1.807, 2.05) is 0 Å². The molecule has 0 saturated carbocycles. The van der Waals surface area contributed by atoms with Gasteiger partial charge in [-0.1, -0.05) is 11.6 Å². The van der Waals surface area contributed by atoms with Gasteiger partial charge in [0, 0.05) is 0 Å². The first-order valence-electron chi connectivity index (χ1n) is 3.59. The number of carbonyl (C=O) groups is 1. The molecule has 1 aromatic carbocycles. The molecule has 0 aliphatic rings. The molecule has 3 nitrogen and oxygen atoms in total. The van der Waals surface area contributed by atoms with Crippen molar-refractivity contribution in [3.05, 3.63) is 28.5 Å². The van der Waals surface area contributed by atoms with Crippen LogP contribution in [0.25, 0.3) is 0 Å². The second-order valence-corrected chi connectivity index (χ2v) is 2.80. The molecule has 1 N–H and O–H groups in total. The Hall–Kier alpha value is -1.43. The third-order valence-corrected chi connectivity index (χ3v) is 1.86. The molecule has 0 fully saturated rings. The fraction of sp³-hybridized carbons (Fsp3) is 0.125. The maximum absolute atomic E-state index is 13.1. The fourth-order valence-electron chi connectivity index (χ4n) is 0.884. The van der Waals surface area contributed by atoms with Crippen LogP contribution in [0.15, 0.2) is 12.1 Å². The Kier molecular flexibility index (Phi) is 3.41. The van der Waals surface area contributed by atoms with E-state index in [4.69, 9.17) is 16.7 Å². The third kappa shape index (κ3) is 2.53. The number of ether oxygens (including phenoxy) is 1. The molecule has 0 heterocycles. The highest BCUT2D eigenvalue weighted by molar-refractivity contribution is 6.33. The van der Waals surface area contributed by atoms with Crippen molar-refractivity contribution in [2.24, 2.45) is 0 Å². The molecule has 0 aliphatic carbocycles. The molecule has 0 atom stereocenters. The molecule has 15 heavy (non-hydrogen) atoms. The van der Waals surface area contributed by atoms with Gasteiger partial charge in [-0.3, -0.25) is 0 Å². The van der Waals surface area contributed by atoms with Crippen molar-refractivity contribution in [2.45, 2.75) is 6.61 Å². The van der Waals surface area contributed by atoms with Crippen molar-refractivity contribution in [1.29, 1.82) is 0 Å². The number of carboxylic acids is 1. The van der Waals surface area contributed by atoms with Gasteiger partial charge in [-0.2, -0.15) is 8.78 Å². The molecule has 0 amide bonds. The van der Waals surface area contributed by atoms with Crippen molar-refractivity contribution in [3.8, 4) is 5.75 Å². The molecular weight excluding hydrogens is 237 g/mol. The standard InChI is InChI=1S/C8H4ClF3O3/c9-5-3(7(13)14)1-2-4(6(5)10)15-8(11)12/h1-2,8H,(H,13,14). The molecule has 0 unspecified atom stereocenters. The highest BCUT2D eigenvalue weighted by Gasteiger charge is 2.18. The van der Waals surface area contributed by atoms with Crippen molar-refractivity contribution in [3.63, 3.8) is 0 Å². The first-order chi connectivity index (χ1) is 6.93. The van der Waals surface area contributed by atoms with Crippen LogP contribution in [0, 0.1) is 5.82 Å². The van der Waals surface area contributed by atoms with Crippen LogP contribution in [0.3, 0.4) is 0 Å². The van der Waals surface area contributed by atoms with Crippen molar-refractivity contribution in [2.75, 3.05) is 0 Å². The molecule has 82 valence electrons. The summed E-state index contributed by atoms with van der Waals surface area (Å²) in [6.07, 6.45) is 0. The van der Waals surface area contributed by atoms with Crippen molar-refractivity contribution >= 4 is 17.6 Å². The molecule has 7 heteroatoms. The summed E-state index contributed by atoms with van der Waals surface area (Å²) in [6, 6.07) is 1.66. The van der Waals surface area contributed by atoms with E-state index in [1.54, 1.807) is 0 Å². The lowest BCUT2D eigenvalue weighted by Crippen LogP contribution is -2.06. The van der Waals surface area contributed by atoms with Crippen molar-refractivity contribution in [1.82, 2.24) is 0 Å². The predicted molar refractivity (Wildman–Crippen MR) is 45.0 cm³/mol. The smallest absolute Gasteiger partial charge is 0.387 e. The number of hydrogen-bond donors (Lipinski definition) is 1. The van der Waals surface area contributed by atoms with Gasteiger partial charge >= 0.3 is 12.6 Å². The zero-order valence-corrected chi connectivity index (χ0v) is 7.76. The summed E-state index contributed by atoms with van der Waals surface area (Å²) < 4.78 is 40.4. The molecule has 0 aromatic heterocycles. The summed E-state index contributed by atoms with van der Waals surface area (Å²) in [5.74, 6) is -3.57. The van der Waals surface area contributed by atoms with Crippen LogP contribution >= 0.6 is 11.6 Å². The second-order valence-electron chi connectivity index (χ2n) is 2.42. The zero-order valence-electron chi connectivity index (χ0n) is 7.01. The van der Waals surface area contributed by atoms with E-state index < -0.39 is 34.7 Å². The Balaban J connectivity index is 3.15. The normalized spacial score (nSPS) is 10.5. The van der Waals surface area contributed by atoms with E-state index in [9.17, 15) is 18.0 Å². The maximum Gasteiger partial charge on any atom is 0.387 e. The van der Waals surface area contributed by atoms with Crippen LogP contribution in [0.2, 0.25) is 5.02 Å². The Bertz CT molecular complexity index is 395. The summed E-state index contributed by atoms with van der Waals surface area (Å²) >= 11 is 5.30. The van der Waals surface area contributed by atoms with Gasteiger partial charge in [0.25, 0.3) is 0 Å². The van der Waals surface area contributed by atoms with Crippen LogP contribution < -0.4 is 4.74 Å². The lowest BCUT2D eigenvalue weighted by molar-refractivity contribution is -0.0521. The molecule has 0 bridgehead atoms. The van der Waals surface area contributed by atoms with Gasteiger partial charge in [-0.05, 0) is 12.1 Å². The highest BCUT2D eigenvalue weighted by Crippen LogP contribution is 2.29. The average Bonchev–Trinajstić information content (AvgIpc) is 2.12. The Morgan fingerprint density at radius 1 is 1.47 bits per heavy atom. The first-order valence-corrected chi connectivity index (χ1v) is 3.97. The lowest BCUT2D eigenvalue weighted by Gasteiger charge is -2.07. The van der Waals surface area contributed by atoms with Crippen molar-refractivity contribution < 1.29 is 27.8 Å². The summed E-state index contributed by atoms with van der Waals surface area (Å²) in [6.45, 7) is -3.20. The third-order valence-electron chi connectivity index (χ3n) is 1.49. The molecule has 0 saturated heterocycles. The Labute approximate surface area is 87.0 Å². The minimum Gasteiger partial charge on any atom is -0.478 e.